The molecule has 0 aromatic heterocycles. The molecule has 0 bridgehead atoms. The van der Waals surface area contributed by atoms with Crippen molar-refractivity contribution in [2.75, 3.05) is 20.8 Å². The van der Waals surface area contributed by atoms with Gasteiger partial charge in [-0.15, -0.1) is 12.4 Å². The SMILES string of the molecule is COc1ccc(OC)c(S(=O)(=O)NC2CCCNC2C)c1.Cl. The molecule has 1 aliphatic rings. The van der Waals surface area contributed by atoms with Gasteiger partial charge in [0, 0.05) is 18.2 Å². The van der Waals surface area contributed by atoms with Gasteiger partial charge in [-0.1, -0.05) is 0 Å². The average molecular weight is 351 g/mol. The highest BCUT2D eigenvalue weighted by atomic mass is 35.5. The van der Waals surface area contributed by atoms with E-state index >= 15 is 0 Å². The fraction of sp³-hybridized carbons (Fsp3) is 0.571. The molecule has 1 saturated heterocycles. The van der Waals surface area contributed by atoms with Crippen LogP contribution in [0.5, 0.6) is 11.5 Å². The van der Waals surface area contributed by atoms with E-state index in [1.807, 2.05) is 6.92 Å². The molecule has 6 nitrogen and oxygen atoms in total. The van der Waals surface area contributed by atoms with E-state index in [1.54, 1.807) is 12.1 Å². The Morgan fingerprint density at radius 1 is 1.27 bits per heavy atom. The van der Waals surface area contributed by atoms with Crippen LogP contribution in [0.15, 0.2) is 23.1 Å². The van der Waals surface area contributed by atoms with Gasteiger partial charge in [0.05, 0.1) is 14.2 Å². The van der Waals surface area contributed by atoms with Gasteiger partial charge in [0.2, 0.25) is 10.0 Å². The van der Waals surface area contributed by atoms with Crippen LogP contribution in [0, 0.1) is 0 Å². The van der Waals surface area contributed by atoms with Crippen molar-refractivity contribution < 1.29 is 17.9 Å². The number of hydrogen-bond donors (Lipinski definition) is 2. The molecule has 0 saturated carbocycles. The van der Waals surface area contributed by atoms with Gasteiger partial charge in [0.25, 0.3) is 0 Å². The van der Waals surface area contributed by atoms with Gasteiger partial charge in [-0.25, -0.2) is 13.1 Å². The van der Waals surface area contributed by atoms with Crippen LogP contribution in [0.3, 0.4) is 0 Å². The zero-order valence-electron chi connectivity index (χ0n) is 13.0. The van der Waals surface area contributed by atoms with E-state index in [2.05, 4.69) is 10.0 Å². The summed E-state index contributed by atoms with van der Waals surface area (Å²) in [6, 6.07) is 4.71. The highest BCUT2D eigenvalue weighted by Crippen LogP contribution is 2.28. The number of methoxy groups -OCH3 is 2. The molecule has 126 valence electrons. The lowest BCUT2D eigenvalue weighted by Crippen LogP contribution is -2.51. The first-order valence-electron chi connectivity index (χ1n) is 6.95. The topological polar surface area (TPSA) is 76.7 Å². The predicted molar refractivity (Wildman–Crippen MR) is 87.6 cm³/mol. The van der Waals surface area contributed by atoms with Crippen LogP contribution in [0.25, 0.3) is 0 Å². The summed E-state index contributed by atoms with van der Waals surface area (Å²) in [5.41, 5.74) is 0. The Balaban J connectivity index is 0.00000242. The second-order valence-corrected chi connectivity index (χ2v) is 6.81. The maximum Gasteiger partial charge on any atom is 0.244 e. The summed E-state index contributed by atoms with van der Waals surface area (Å²) in [6.07, 6.45) is 1.77. The summed E-state index contributed by atoms with van der Waals surface area (Å²) in [5, 5.41) is 3.27. The third-order valence-corrected chi connectivity index (χ3v) is 5.24. The summed E-state index contributed by atoms with van der Waals surface area (Å²) in [4.78, 5) is 0.0992. The van der Waals surface area contributed by atoms with Crippen molar-refractivity contribution in [3.05, 3.63) is 18.2 Å². The number of piperidine rings is 1. The summed E-state index contributed by atoms with van der Waals surface area (Å²) < 4.78 is 38.3. The Morgan fingerprint density at radius 2 is 2.00 bits per heavy atom. The third kappa shape index (κ3) is 4.25. The van der Waals surface area contributed by atoms with Crippen molar-refractivity contribution in [2.45, 2.75) is 36.7 Å². The fourth-order valence-corrected chi connectivity index (χ4v) is 4.00. The number of benzene rings is 1. The Hall–Kier alpha value is -1.02. The van der Waals surface area contributed by atoms with Crippen LogP contribution in [0.2, 0.25) is 0 Å². The first kappa shape index (κ1) is 19.0. The Kier molecular flexibility index (Phi) is 6.93. The van der Waals surface area contributed by atoms with Crippen molar-refractivity contribution in [1.29, 1.82) is 0 Å². The zero-order valence-corrected chi connectivity index (χ0v) is 14.6. The lowest BCUT2D eigenvalue weighted by atomic mass is 10.0. The third-order valence-electron chi connectivity index (χ3n) is 3.73. The van der Waals surface area contributed by atoms with E-state index in [0.717, 1.165) is 19.4 Å². The Labute approximate surface area is 138 Å². The van der Waals surface area contributed by atoms with E-state index in [4.69, 9.17) is 9.47 Å². The molecular weight excluding hydrogens is 328 g/mol. The molecule has 1 aromatic carbocycles. The molecule has 0 amide bonds. The molecule has 2 rings (SSSR count). The number of rotatable bonds is 5. The molecule has 1 aromatic rings. The predicted octanol–water partition coefficient (Wildman–Crippen LogP) is 1.54. The molecule has 0 aliphatic carbocycles. The number of sulfonamides is 1. The quantitative estimate of drug-likeness (QED) is 0.842. The highest BCUT2D eigenvalue weighted by Gasteiger charge is 2.28. The summed E-state index contributed by atoms with van der Waals surface area (Å²) in [5.74, 6) is 0.783. The number of nitrogens with one attached hydrogen (secondary N) is 2. The molecule has 0 spiro atoms. The summed E-state index contributed by atoms with van der Waals surface area (Å²) >= 11 is 0. The molecule has 2 atom stereocenters. The van der Waals surface area contributed by atoms with Crippen molar-refractivity contribution in [3.8, 4) is 11.5 Å². The maximum absolute atomic E-state index is 12.6. The van der Waals surface area contributed by atoms with E-state index in [1.165, 1.54) is 20.3 Å². The molecule has 2 unspecified atom stereocenters. The van der Waals surface area contributed by atoms with E-state index in [9.17, 15) is 8.42 Å². The van der Waals surface area contributed by atoms with Crippen molar-refractivity contribution in [3.63, 3.8) is 0 Å². The van der Waals surface area contributed by atoms with Crippen LogP contribution in [0.4, 0.5) is 0 Å². The van der Waals surface area contributed by atoms with Crippen LogP contribution in [0.1, 0.15) is 19.8 Å². The normalized spacial score (nSPS) is 21.8. The zero-order chi connectivity index (χ0) is 15.5. The highest BCUT2D eigenvalue weighted by molar-refractivity contribution is 7.89. The Morgan fingerprint density at radius 3 is 2.59 bits per heavy atom. The molecule has 1 fully saturated rings. The molecule has 1 heterocycles. The van der Waals surface area contributed by atoms with Crippen molar-refractivity contribution >= 4 is 22.4 Å². The minimum Gasteiger partial charge on any atom is -0.497 e. The van der Waals surface area contributed by atoms with Crippen LogP contribution in [-0.2, 0) is 10.0 Å². The van der Waals surface area contributed by atoms with Crippen molar-refractivity contribution in [1.82, 2.24) is 10.0 Å². The standard InChI is InChI=1S/C14H22N2O4S.ClH/c1-10-12(5-4-8-15-10)16-21(17,18)14-9-11(19-2)6-7-13(14)20-3;/h6-7,9-10,12,15-16H,4-5,8H2,1-3H3;1H. The summed E-state index contributed by atoms with van der Waals surface area (Å²) in [7, 11) is -0.714. The van der Waals surface area contributed by atoms with Gasteiger partial charge < -0.3 is 14.8 Å². The summed E-state index contributed by atoms with van der Waals surface area (Å²) in [6.45, 7) is 2.90. The number of halogens is 1. The van der Waals surface area contributed by atoms with Gasteiger partial charge >= 0.3 is 0 Å². The lowest BCUT2D eigenvalue weighted by molar-refractivity contribution is 0.347. The minimum absolute atomic E-state index is 0. The smallest absolute Gasteiger partial charge is 0.244 e. The van der Waals surface area contributed by atoms with Gasteiger partial charge in [-0.05, 0) is 38.4 Å². The minimum atomic E-state index is -3.66. The van der Waals surface area contributed by atoms with Crippen LogP contribution < -0.4 is 19.5 Å². The average Bonchev–Trinajstić information content (AvgIpc) is 2.48. The van der Waals surface area contributed by atoms with Gasteiger partial charge in [0.15, 0.2) is 0 Å². The maximum atomic E-state index is 12.6. The van der Waals surface area contributed by atoms with Crippen LogP contribution in [-0.4, -0.2) is 41.3 Å². The second-order valence-electron chi connectivity index (χ2n) is 5.13. The number of ether oxygens (including phenoxy) is 2. The van der Waals surface area contributed by atoms with E-state index in [0.29, 0.717) is 11.5 Å². The Bertz CT molecular complexity index is 595. The molecule has 22 heavy (non-hydrogen) atoms. The lowest BCUT2D eigenvalue weighted by Gasteiger charge is -2.30. The molecule has 1 aliphatic heterocycles. The van der Waals surface area contributed by atoms with Gasteiger partial charge in [-0.3, -0.25) is 0 Å². The number of hydrogen-bond acceptors (Lipinski definition) is 5. The molecule has 0 radical (unpaired) electrons. The monoisotopic (exact) mass is 350 g/mol. The van der Waals surface area contributed by atoms with E-state index < -0.39 is 10.0 Å². The van der Waals surface area contributed by atoms with E-state index in [-0.39, 0.29) is 29.4 Å². The van der Waals surface area contributed by atoms with Crippen LogP contribution >= 0.6 is 12.4 Å². The first-order valence-corrected chi connectivity index (χ1v) is 8.44. The second kappa shape index (κ2) is 8.01. The van der Waals surface area contributed by atoms with Gasteiger partial charge in [-0.2, -0.15) is 0 Å². The van der Waals surface area contributed by atoms with Gasteiger partial charge in [0.1, 0.15) is 16.4 Å². The fourth-order valence-electron chi connectivity index (χ4n) is 2.46. The first-order chi connectivity index (χ1) is 9.97. The molecular formula is C14H23ClN2O4S. The van der Waals surface area contributed by atoms with Crippen molar-refractivity contribution in [2.24, 2.45) is 0 Å². The largest absolute Gasteiger partial charge is 0.497 e. The molecule has 8 heteroatoms. The molecule has 2 N–H and O–H groups in total.